The largest absolute Gasteiger partial charge is 0.744 e. The topological polar surface area (TPSA) is 155 Å². The summed E-state index contributed by atoms with van der Waals surface area (Å²) < 4.78 is 76.2. The van der Waals surface area contributed by atoms with Gasteiger partial charge in [0.05, 0.1) is 77.7 Å². The number of halogens is 3. The van der Waals surface area contributed by atoms with E-state index in [1.165, 1.54) is 47.3 Å². The maximum atomic E-state index is 14.0. The van der Waals surface area contributed by atoms with Crippen molar-refractivity contribution in [1.29, 1.82) is 5.26 Å². The number of quaternary nitrogens is 1. The molecule has 5 aromatic rings. The van der Waals surface area contributed by atoms with Crippen LogP contribution in [-0.4, -0.2) is 75.1 Å². The second-order valence-electron chi connectivity index (χ2n) is 13.5. The van der Waals surface area contributed by atoms with Gasteiger partial charge in [-0.2, -0.15) is 23.5 Å². The summed E-state index contributed by atoms with van der Waals surface area (Å²) in [6.07, 6.45) is 0.231. The minimum absolute atomic E-state index is 0.0142. The molecule has 1 amide bonds. The van der Waals surface area contributed by atoms with Gasteiger partial charge in [-0.1, -0.05) is 24.3 Å². The number of amides is 1. The van der Waals surface area contributed by atoms with Gasteiger partial charge in [-0.15, -0.1) is 0 Å². The lowest BCUT2D eigenvalue weighted by molar-refractivity contribution is -0.914. The SMILES string of the molecule is CC[N+](C)(C)[C@H]1CC[C@@H](NC(=O)n2c(-c3ccnn3-c3ccc(C#N)cc3)c(C)n(-c3cccc(C(F)(F)F)c3)c2=O)CC1.O=S(=O)([O-])c1ccccc1. The summed E-state index contributed by atoms with van der Waals surface area (Å²) in [6, 6.07) is 21.6. The Morgan fingerprint density at radius 2 is 1.63 bits per heavy atom. The fourth-order valence-corrected chi connectivity index (χ4v) is 7.08. The summed E-state index contributed by atoms with van der Waals surface area (Å²) in [5.74, 6) is 0. The summed E-state index contributed by atoms with van der Waals surface area (Å²) in [7, 11) is 0.147. The lowest BCUT2D eigenvalue weighted by Crippen LogP contribution is -2.52. The third-order valence-electron chi connectivity index (χ3n) is 9.91. The lowest BCUT2D eigenvalue weighted by atomic mass is 9.89. The molecule has 0 bridgehead atoms. The number of aromatic nitrogens is 4. The number of hydrogen-bond donors (Lipinski definition) is 1. The molecular formula is C38H40F3N7O5S. The Kier molecular flexibility index (Phi) is 11.7. The molecule has 6 rings (SSSR count). The van der Waals surface area contributed by atoms with Crippen molar-refractivity contribution in [3.05, 3.63) is 118 Å². The van der Waals surface area contributed by atoms with Gasteiger partial charge in [0, 0.05) is 18.9 Å². The Hall–Kier alpha value is -5.50. The summed E-state index contributed by atoms with van der Waals surface area (Å²) >= 11 is 0. The van der Waals surface area contributed by atoms with Crippen molar-refractivity contribution in [1.82, 2.24) is 24.2 Å². The first-order valence-electron chi connectivity index (χ1n) is 17.2. The molecule has 2 heterocycles. The molecule has 1 saturated carbocycles. The molecule has 12 nitrogen and oxygen atoms in total. The maximum Gasteiger partial charge on any atom is 0.416 e. The third-order valence-corrected chi connectivity index (χ3v) is 10.8. The Morgan fingerprint density at radius 3 is 2.19 bits per heavy atom. The Labute approximate surface area is 311 Å². The highest BCUT2D eigenvalue weighted by Gasteiger charge is 2.35. The van der Waals surface area contributed by atoms with Crippen LogP contribution < -0.4 is 11.0 Å². The van der Waals surface area contributed by atoms with Gasteiger partial charge in [0.1, 0.15) is 15.8 Å². The van der Waals surface area contributed by atoms with Crippen LogP contribution in [0.3, 0.4) is 0 Å². The average molecular weight is 764 g/mol. The van der Waals surface area contributed by atoms with Gasteiger partial charge in [0.2, 0.25) is 0 Å². The van der Waals surface area contributed by atoms with E-state index in [1.54, 1.807) is 43.3 Å². The number of nitrogens with one attached hydrogen (secondary N) is 1. The van der Waals surface area contributed by atoms with Crippen molar-refractivity contribution in [3.63, 3.8) is 0 Å². The molecule has 1 aliphatic carbocycles. The molecule has 1 aliphatic rings. The van der Waals surface area contributed by atoms with Gasteiger partial charge in [-0.05, 0) is 87.4 Å². The first-order chi connectivity index (χ1) is 25.5. The number of benzene rings is 3. The van der Waals surface area contributed by atoms with Crippen LogP contribution in [0.25, 0.3) is 22.8 Å². The minimum atomic E-state index is -4.62. The zero-order valence-electron chi connectivity index (χ0n) is 30.1. The van der Waals surface area contributed by atoms with Crippen molar-refractivity contribution in [2.45, 2.75) is 62.7 Å². The van der Waals surface area contributed by atoms with Crippen LogP contribution in [0.15, 0.2) is 101 Å². The van der Waals surface area contributed by atoms with E-state index in [-0.39, 0.29) is 28.0 Å². The standard InChI is InChI=1S/C32H34F3N7O2.C6H6O3S/c1-5-42(3,4)27-15-11-24(12-16-27)38-30(43)40-29(28-17-18-37-41(28)25-13-9-22(20-36)10-14-25)21(2)39(31(40)44)26-8-6-7-23(19-26)32(33,34)35;7-10(8,9)6-4-2-1-3-5-6/h6-10,13-14,17-19,24,27H,5,11-12,15-16H2,1-4H3;1-5H,(H,7,8,9)/t24-,27+;. The van der Waals surface area contributed by atoms with Gasteiger partial charge >= 0.3 is 17.9 Å². The summed E-state index contributed by atoms with van der Waals surface area (Å²) in [5, 5.41) is 16.6. The van der Waals surface area contributed by atoms with E-state index in [0.717, 1.165) is 58.0 Å². The molecule has 2 aromatic heterocycles. The van der Waals surface area contributed by atoms with E-state index in [9.17, 15) is 41.0 Å². The normalized spacial score (nSPS) is 16.2. The lowest BCUT2D eigenvalue weighted by Gasteiger charge is -2.41. The predicted octanol–water partition coefficient (Wildman–Crippen LogP) is 6.25. The number of carbonyl (C=O) groups is 1. The number of carbonyl (C=O) groups excluding carboxylic acids is 1. The molecule has 284 valence electrons. The Bertz CT molecular complexity index is 2320. The Morgan fingerprint density at radius 1 is 0.981 bits per heavy atom. The maximum absolute atomic E-state index is 14.0. The van der Waals surface area contributed by atoms with E-state index >= 15 is 0 Å². The first-order valence-corrected chi connectivity index (χ1v) is 18.6. The third kappa shape index (κ3) is 8.65. The predicted molar refractivity (Wildman–Crippen MR) is 194 cm³/mol. The Balaban J connectivity index is 0.000000486. The summed E-state index contributed by atoms with van der Waals surface area (Å²) in [4.78, 5) is 27.8. The molecule has 0 aliphatic heterocycles. The van der Waals surface area contributed by atoms with Crippen molar-refractivity contribution < 1.29 is 35.4 Å². The van der Waals surface area contributed by atoms with Crippen LogP contribution in [0.4, 0.5) is 18.0 Å². The minimum Gasteiger partial charge on any atom is -0.744 e. The molecule has 3 aromatic carbocycles. The van der Waals surface area contributed by atoms with E-state index in [0.29, 0.717) is 23.0 Å². The van der Waals surface area contributed by atoms with Crippen molar-refractivity contribution in [2.75, 3.05) is 20.6 Å². The first kappa shape index (κ1) is 39.7. The fraction of sp³-hybridized carbons (Fsp3) is 0.316. The second kappa shape index (κ2) is 15.8. The number of imidazole rings is 1. The molecule has 16 heteroatoms. The van der Waals surface area contributed by atoms with Crippen LogP contribution in [0.2, 0.25) is 0 Å². The number of nitriles is 1. The zero-order valence-corrected chi connectivity index (χ0v) is 30.9. The molecule has 1 N–H and O–H groups in total. The highest BCUT2D eigenvalue weighted by atomic mass is 32.2. The van der Waals surface area contributed by atoms with E-state index in [1.807, 2.05) is 0 Å². The number of hydrogen-bond acceptors (Lipinski definition) is 7. The monoisotopic (exact) mass is 763 g/mol. The van der Waals surface area contributed by atoms with Crippen molar-refractivity contribution in [3.8, 4) is 28.8 Å². The average Bonchev–Trinajstić information content (AvgIpc) is 3.73. The number of alkyl halides is 3. The van der Waals surface area contributed by atoms with Crippen LogP contribution in [0, 0.1) is 18.3 Å². The molecule has 0 atom stereocenters. The second-order valence-corrected chi connectivity index (χ2v) is 14.9. The van der Waals surface area contributed by atoms with Gasteiger partial charge in [0.15, 0.2) is 0 Å². The quantitative estimate of drug-likeness (QED) is 0.152. The van der Waals surface area contributed by atoms with Gasteiger partial charge in [-0.25, -0.2) is 27.3 Å². The summed E-state index contributed by atoms with van der Waals surface area (Å²) in [6.45, 7) is 4.74. The molecule has 1 fully saturated rings. The molecule has 54 heavy (non-hydrogen) atoms. The van der Waals surface area contributed by atoms with Crippen LogP contribution in [-0.2, 0) is 16.3 Å². The smallest absolute Gasteiger partial charge is 0.416 e. The van der Waals surface area contributed by atoms with Gasteiger partial charge in [-0.3, -0.25) is 4.57 Å². The molecule has 0 spiro atoms. The summed E-state index contributed by atoms with van der Waals surface area (Å²) in [5.41, 5.74) is 0.156. The van der Waals surface area contributed by atoms with Crippen LogP contribution in [0.1, 0.15) is 49.4 Å². The van der Waals surface area contributed by atoms with E-state index < -0.39 is 33.6 Å². The van der Waals surface area contributed by atoms with Crippen molar-refractivity contribution in [2.24, 2.45) is 0 Å². The highest BCUT2D eigenvalue weighted by molar-refractivity contribution is 7.85. The van der Waals surface area contributed by atoms with Crippen molar-refractivity contribution >= 4 is 16.1 Å². The van der Waals surface area contributed by atoms with Crippen LogP contribution in [0.5, 0.6) is 0 Å². The van der Waals surface area contributed by atoms with E-state index in [4.69, 9.17) is 0 Å². The van der Waals surface area contributed by atoms with E-state index in [2.05, 4.69) is 37.5 Å². The number of rotatable bonds is 7. The van der Waals surface area contributed by atoms with Gasteiger partial charge in [0.25, 0.3) is 0 Å². The molecule has 0 saturated heterocycles. The molecular weight excluding hydrogens is 724 g/mol. The molecule has 0 unspecified atom stereocenters. The fourth-order valence-electron chi connectivity index (χ4n) is 6.59. The van der Waals surface area contributed by atoms with Gasteiger partial charge < -0.3 is 14.4 Å². The number of nitrogens with zero attached hydrogens (tertiary/aromatic N) is 6. The van der Waals surface area contributed by atoms with Crippen LogP contribution >= 0.6 is 0 Å². The molecule has 0 radical (unpaired) electrons. The zero-order chi connectivity index (χ0) is 39.4. The highest BCUT2D eigenvalue weighted by Crippen LogP contribution is 2.32.